The average molecular weight is 287 g/mol. The Morgan fingerprint density at radius 1 is 1.29 bits per heavy atom. The summed E-state index contributed by atoms with van der Waals surface area (Å²) in [6.45, 7) is 9.45. The second-order valence-electron chi connectivity index (χ2n) is 6.97. The predicted molar refractivity (Wildman–Crippen MR) is 82.9 cm³/mol. The number of benzene rings is 1. The smallest absolute Gasteiger partial charge is 0.203 e. The first-order chi connectivity index (χ1) is 9.86. The number of aromatic nitrogens is 2. The summed E-state index contributed by atoms with van der Waals surface area (Å²) in [6.07, 6.45) is 2.11. The number of hydrogen-bond acceptors (Lipinski definition) is 2. The van der Waals surface area contributed by atoms with Gasteiger partial charge < -0.3 is 9.88 Å². The third-order valence-corrected chi connectivity index (χ3v) is 4.12. The van der Waals surface area contributed by atoms with Crippen LogP contribution in [0.15, 0.2) is 30.5 Å². The van der Waals surface area contributed by atoms with Crippen molar-refractivity contribution in [2.75, 3.05) is 5.32 Å². The van der Waals surface area contributed by atoms with E-state index in [1.807, 2.05) is 12.1 Å². The first-order valence-corrected chi connectivity index (χ1v) is 7.45. The van der Waals surface area contributed by atoms with E-state index in [0.29, 0.717) is 5.92 Å². The van der Waals surface area contributed by atoms with Gasteiger partial charge in [-0.1, -0.05) is 45.9 Å². The van der Waals surface area contributed by atoms with E-state index in [-0.39, 0.29) is 17.3 Å². The van der Waals surface area contributed by atoms with Crippen LogP contribution in [0.5, 0.6) is 0 Å². The largest absolute Gasteiger partial charge is 0.348 e. The highest BCUT2D eigenvalue weighted by molar-refractivity contribution is 5.39. The van der Waals surface area contributed by atoms with Crippen LogP contribution in [0.25, 0.3) is 0 Å². The molecule has 0 bridgehead atoms. The molecule has 1 aromatic carbocycles. The van der Waals surface area contributed by atoms with Crippen molar-refractivity contribution in [3.05, 3.63) is 47.5 Å². The zero-order valence-corrected chi connectivity index (χ0v) is 13.0. The van der Waals surface area contributed by atoms with Crippen LogP contribution in [-0.4, -0.2) is 9.55 Å². The molecule has 1 aliphatic heterocycles. The van der Waals surface area contributed by atoms with E-state index in [0.717, 1.165) is 23.8 Å². The van der Waals surface area contributed by atoms with Crippen molar-refractivity contribution in [3.8, 4) is 0 Å². The summed E-state index contributed by atoms with van der Waals surface area (Å²) in [6, 6.07) is 6.95. The van der Waals surface area contributed by atoms with Crippen LogP contribution in [0, 0.1) is 11.7 Å². The average Bonchev–Trinajstić information content (AvgIpc) is 2.81. The van der Waals surface area contributed by atoms with Gasteiger partial charge in [-0.15, -0.1) is 0 Å². The van der Waals surface area contributed by atoms with E-state index in [4.69, 9.17) is 4.98 Å². The fourth-order valence-corrected chi connectivity index (χ4v) is 2.84. The number of anilines is 1. The first kappa shape index (κ1) is 14.1. The Morgan fingerprint density at radius 3 is 2.67 bits per heavy atom. The number of nitrogens with zero attached hydrogens (tertiary/aromatic N) is 2. The van der Waals surface area contributed by atoms with Gasteiger partial charge in [-0.2, -0.15) is 0 Å². The molecule has 0 amide bonds. The number of nitrogens with one attached hydrogen (secondary N) is 1. The maximum Gasteiger partial charge on any atom is 0.203 e. The van der Waals surface area contributed by atoms with E-state index in [1.54, 1.807) is 6.07 Å². The van der Waals surface area contributed by atoms with Crippen molar-refractivity contribution in [2.24, 2.45) is 5.92 Å². The molecule has 0 spiro atoms. The Hall–Kier alpha value is -1.84. The van der Waals surface area contributed by atoms with Crippen LogP contribution in [-0.2, 0) is 12.0 Å². The molecular formula is C17H22FN3. The molecule has 1 N–H and O–H groups in total. The van der Waals surface area contributed by atoms with Gasteiger partial charge in [0.25, 0.3) is 0 Å². The van der Waals surface area contributed by atoms with Crippen molar-refractivity contribution in [1.29, 1.82) is 0 Å². The highest BCUT2D eigenvalue weighted by Crippen LogP contribution is 2.35. The molecule has 0 saturated heterocycles. The minimum Gasteiger partial charge on any atom is -0.348 e. The van der Waals surface area contributed by atoms with Gasteiger partial charge in [-0.05, 0) is 12.0 Å². The molecule has 3 rings (SSSR count). The predicted octanol–water partition coefficient (Wildman–Crippen LogP) is 4.12. The van der Waals surface area contributed by atoms with E-state index in [9.17, 15) is 4.39 Å². The molecule has 1 aliphatic rings. The molecule has 1 aromatic heterocycles. The Labute approximate surface area is 125 Å². The van der Waals surface area contributed by atoms with Gasteiger partial charge in [-0.3, -0.25) is 0 Å². The molecule has 2 unspecified atom stereocenters. The molecule has 3 nitrogen and oxygen atoms in total. The third-order valence-electron chi connectivity index (χ3n) is 4.12. The van der Waals surface area contributed by atoms with Crippen LogP contribution < -0.4 is 5.32 Å². The molecule has 2 aromatic rings. The highest BCUT2D eigenvalue weighted by Gasteiger charge is 2.30. The second-order valence-corrected chi connectivity index (χ2v) is 6.97. The van der Waals surface area contributed by atoms with Gasteiger partial charge in [0.1, 0.15) is 5.82 Å². The summed E-state index contributed by atoms with van der Waals surface area (Å²) in [5, 5.41) is 3.41. The van der Waals surface area contributed by atoms with E-state index in [1.165, 1.54) is 6.07 Å². The van der Waals surface area contributed by atoms with E-state index in [2.05, 4.69) is 43.8 Å². The van der Waals surface area contributed by atoms with Gasteiger partial charge in [0, 0.05) is 23.7 Å². The third kappa shape index (κ3) is 2.55. The van der Waals surface area contributed by atoms with Gasteiger partial charge >= 0.3 is 0 Å². The Balaban J connectivity index is 1.95. The molecule has 0 saturated carbocycles. The summed E-state index contributed by atoms with van der Waals surface area (Å²) >= 11 is 0. The lowest BCUT2D eigenvalue weighted by molar-refractivity contribution is 0.386. The van der Waals surface area contributed by atoms with Gasteiger partial charge in [0.05, 0.1) is 11.7 Å². The first-order valence-electron chi connectivity index (χ1n) is 7.45. The summed E-state index contributed by atoms with van der Waals surface area (Å²) < 4.78 is 16.2. The summed E-state index contributed by atoms with van der Waals surface area (Å²) in [4.78, 5) is 4.69. The summed E-state index contributed by atoms with van der Waals surface area (Å²) in [7, 11) is 0. The fraction of sp³-hybridized carbons (Fsp3) is 0.471. The maximum atomic E-state index is 14.1. The van der Waals surface area contributed by atoms with Crippen LogP contribution in [0.2, 0.25) is 0 Å². The molecule has 4 heteroatoms. The van der Waals surface area contributed by atoms with Crippen LogP contribution >= 0.6 is 0 Å². The maximum absolute atomic E-state index is 14.1. The van der Waals surface area contributed by atoms with Crippen molar-refractivity contribution in [3.63, 3.8) is 0 Å². The number of halogens is 1. The number of fused-ring (bicyclic) bond motifs is 1. The quantitative estimate of drug-likeness (QED) is 0.855. The summed E-state index contributed by atoms with van der Waals surface area (Å²) in [5.41, 5.74) is 1.80. The molecular weight excluding hydrogens is 265 g/mol. The molecule has 21 heavy (non-hydrogen) atoms. The van der Waals surface area contributed by atoms with Gasteiger partial charge in [-0.25, -0.2) is 9.37 Å². The van der Waals surface area contributed by atoms with Crippen LogP contribution in [0.3, 0.4) is 0 Å². The lowest BCUT2D eigenvalue weighted by Crippen LogP contribution is -2.30. The zero-order valence-electron chi connectivity index (χ0n) is 13.0. The zero-order chi connectivity index (χ0) is 15.2. The SMILES string of the molecule is CC1Cn2cc(C(C)(C)C)nc2NC1c1ccccc1F. The molecule has 0 aliphatic carbocycles. The second kappa shape index (κ2) is 4.86. The highest BCUT2D eigenvalue weighted by atomic mass is 19.1. The monoisotopic (exact) mass is 287 g/mol. The number of imidazole rings is 1. The Kier molecular flexibility index (Phi) is 3.27. The lowest BCUT2D eigenvalue weighted by Gasteiger charge is -2.31. The molecule has 0 radical (unpaired) electrons. The van der Waals surface area contributed by atoms with Crippen molar-refractivity contribution in [2.45, 2.75) is 45.7 Å². The minimum atomic E-state index is -0.155. The van der Waals surface area contributed by atoms with Crippen LogP contribution in [0.1, 0.15) is 45.0 Å². The van der Waals surface area contributed by atoms with E-state index < -0.39 is 0 Å². The summed E-state index contributed by atoms with van der Waals surface area (Å²) in [5.74, 6) is 0.987. The Morgan fingerprint density at radius 2 is 2.00 bits per heavy atom. The number of rotatable bonds is 1. The molecule has 112 valence electrons. The topological polar surface area (TPSA) is 29.9 Å². The molecule has 2 atom stereocenters. The fourth-order valence-electron chi connectivity index (χ4n) is 2.84. The number of hydrogen-bond donors (Lipinski definition) is 1. The minimum absolute atomic E-state index is 0.0166. The molecule has 2 heterocycles. The normalized spacial score (nSPS) is 21.8. The standard InChI is InChI=1S/C17H22FN3/c1-11-9-21-10-14(17(2,3)4)19-16(21)20-15(11)12-7-5-6-8-13(12)18/h5-8,10-11,15H,9H2,1-4H3,(H,19,20). The van der Waals surface area contributed by atoms with Crippen molar-refractivity contribution < 1.29 is 4.39 Å². The van der Waals surface area contributed by atoms with Gasteiger partial charge in [0.2, 0.25) is 5.95 Å². The van der Waals surface area contributed by atoms with Gasteiger partial charge in [0.15, 0.2) is 0 Å². The Bertz CT molecular complexity index is 654. The van der Waals surface area contributed by atoms with Crippen LogP contribution in [0.4, 0.5) is 10.3 Å². The van der Waals surface area contributed by atoms with Crippen molar-refractivity contribution in [1.82, 2.24) is 9.55 Å². The molecule has 0 fully saturated rings. The van der Waals surface area contributed by atoms with Crippen molar-refractivity contribution >= 4 is 5.95 Å². The van der Waals surface area contributed by atoms with E-state index >= 15 is 0 Å². The lowest BCUT2D eigenvalue weighted by atomic mass is 9.92.